The first-order valence-electron chi connectivity index (χ1n) is 4.95. The molecule has 1 heterocycles. The van der Waals surface area contributed by atoms with Crippen molar-refractivity contribution in [1.29, 1.82) is 0 Å². The van der Waals surface area contributed by atoms with Crippen molar-refractivity contribution in [2.24, 2.45) is 0 Å². The van der Waals surface area contributed by atoms with Gasteiger partial charge in [0, 0.05) is 9.38 Å². The van der Waals surface area contributed by atoms with Crippen LogP contribution in [0, 0.1) is 0 Å². The van der Waals surface area contributed by atoms with Crippen molar-refractivity contribution in [2.45, 2.75) is 4.90 Å². The van der Waals surface area contributed by atoms with E-state index in [4.69, 9.17) is 27.9 Å². The molecule has 0 saturated carbocycles. The van der Waals surface area contributed by atoms with Crippen LogP contribution in [0.2, 0.25) is 10.0 Å². The molecule has 0 fully saturated rings. The van der Waals surface area contributed by atoms with Gasteiger partial charge in [0.05, 0.1) is 22.1 Å². The van der Waals surface area contributed by atoms with E-state index in [9.17, 15) is 4.79 Å². The highest BCUT2D eigenvalue weighted by Gasteiger charge is 2.25. The molecule has 0 bridgehead atoms. The molecule has 18 heavy (non-hydrogen) atoms. The first kappa shape index (κ1) is 14.0. The van der Waals surface area contributed by atoms with Crippen LogP contribution in [-0.4, -0.2) is 13.1 Å². The molecule has 1 aromatic rings. The molecule has 0 aromatic heterocycles. The average Bonchev–Trinajstić information content (AvgIpc) is 2.73. The Bertz CT molecular complexity index is 569. The molecule has 2 nitrogen and oxygen atoms in total. The van der Waals surface area contributed by atoms with Crippen LogP contribution in [0.3, 0.4) is 0 Å². The van der Waals surface area contributed by atoms with Gasteiger partial charge in [0.2, 0.25) is 0 Å². The molecule has 96 valence electrons. The molecular formula is C12H9BrCl2O2S. The largest absolute Gasteiger partial charge is 0.465 e. The van der Waals surface area contributed by atoms with Gasteiger partial charge in [0.15, 0.2) is 0 Å². The van der Waals surface area contributed by atoms with Gasteiger partial charge in [-0.2, -0.15) is 10.9 Å². The minimum atomic E-state index is -0.964. The molecule has 1 aliphatic heterocycles. The predicted octanol–water partition coefficient (Wildman–Crippen LogP) is 4.66. The summed E-state index contributed by atoms with van der Waals surface area (Å²) in [6.07, 6.45) is 1.76. The van der Waals surface area contributed by atoms with Crippen molar-refractivity contribution < 1.29 is 9.53 Å². The van der Waals surface area contributed by atoms with Crippen LogP contribution in [0.15, 0.2) is 44.0 Å². The van der Waals surface area contributed by atoms with Crippen molar-refractivity contribution in [1.82, 2.24) is 0 Å². The van der Waals surface area contributed by atoms with Crippen molar-refractivity contribution in [3.63, 3.8) is 0 Å². The van der Waals surface area contributed by atoms with Crippen molar-refractivity contribution in [3.05, 3.63) is 49.1 Å². The van der Waals surface area contributed by atoms with Gasteiger partial charge in [-0.15, -0.1) is 0 Å². The standard InChI is InChI=1S/C12H9BrCl2O2S/c1-17-12(16)10-5-7(13)6-18(10)9-4-2-3-8(14)11(9)15/h2-6,18H,1H3. The quantitative estimate of drug-likeness (QED) is 0.607. The van der Waals surface area contributed by atoms with Gasteiger partial charge in [-0.1, -0.05) is 45.2 Å². The van der Waals surface area contributed by atoms with E-state index in [0.717, 1.165) is 9.38 Å². The summed E-state index contributed by atoms with van der Waals surface area (Å²) in [4.78, 5) is 13.2. The molecule has 0 N–H and O–H groups in total. The number of methoxy groups -OCH3 is 1. The summed E-state index contributed by atoms with van der Waals surface area (Å²) in [5.74, 6) is -0.345. The van der Waals surface area contributed by atoms with Gasteiger partial charge in [-0.3, -0.25) is 0 Å². The van der Waals surface area contributed by atoms with Crippen LogP contribution in [0.25, 0.3) is 0 Å². The number of rotatable bonds is 2. The monoisotopic (exact) mass is 366 g/mol. The molecule has 1 aliphatic rings. The molecule has 1 atom stereocenters. The Labute approximate surface area is 126 Å². The van der Waals surface area contributed by atoms with E-state index in [1.165, 1.54) is 7.11 Å². The Morgan fingerprint density at radius 1 is 1.39 bits per heavy atom. The van der Waals surface area contributed by atoms with E-state index < -0.39 is 10.9 Å². The first-order valence-corrected chi connectivity index (χ1v) is 7.91. The van der Waals surface area contributed by atoms with Crippen LogP contribution in [0.4, 0.5) is 0 Å². The first-order chi connectivity index (χ1) is 8.54. The number of allylic oxidation sites excluding steroid dienone is 2. The topological polar surface area (TPSA) is 26.3 Å². The van der Waals surface area contributed by atoms with Crippen molar-refractivity contribution in [2.75, 3.05) is 7.11 Å². The number of hydrogen-bond donors (Lipinski definition) is 1. The predicted molar refractivity (Wildman–Crippen MR) is 80.8 cm³/mol. The average molecular weight is 368 g/mol. The molecule has 1 unspecified atom stereocenters. The maximum absolute atomic E-state index is 11.7. The van der Waals surface area contributed by atoms with Crippen LogP contribution >= 0.6 is 50.0 Å². The number of hydrogen-bond acceptors (Lipinski definition) is 2. The number of esters is 1. The second kappa shape index (κ2) is 5.70. The van der Waals surface area contributed by atoms with E-state index in [2.05, 4.69) is 15.9 Å². The highest BCUT2D eigenvalue weighted by atomic mass is 79.9. The number of carbonyl (C=O) groups excluding carboxylic acids is 1. The Balaban J connectivity index is 2.47. The number of halogens is 3. The molecular weight excluding hydrogens is 359 g/mol. The van der Waals surface area contributed by atoms with Crippen LogP contribution in [-0.2, 0) is 9.53 Å². The minimum absolute atomic E-state index is 0.345. The zero-order valence-electron chi connectivity index (χ0n) is 9.28. The lowest BCUT2D eigenvalue weighted by molar-refractivity contribution is -0.135. The van der Waals surface area contributed by atoms with Gasteiger partial charge in [0.25, 0.3) is 0 Å². The smallest absolute Gasteiger partial charge is 0.343 e. The van der Waals surface area contributed by atoms with Gasteiger partial charge >= 0.3 is 5.97 Å². The fourth-order valence-corrected chi connectivity index (χ4v) is 5.23. The summed E-state index contributed by atoms with van der Waals surface area (Å²) >= 11 is 15.6. The number of thiol groups is 1. The minimum Gasteiger partial charge on any atom is -0.465 e. The Kier molecular flexibility index (Phi) is 4.43. The lowest BCUT2D eigenvalue weighted by Crippen LogP contribution is -2.03. The fourth-order valence-electron chi connectivity index (χ4n) is 1.57. The molecule has 1 aromatic carbocycles. The van der Waals surface area contributed by atoms with E-state index >= 15 is 0 Å². The zero-order valence-corrected chi connectivity index (χ0v) is 13.3. The Morgan fingerprint density at radius 2 is 2.11 bits per heavy atom. The summed E-state index contributed by atoms with van der Waals surface area (Å²) in [5, 5.41) is 2.93. The number of ether oxygens (including phenoxy) is 1. The lowest BCUT2D eigenvalue weighted by Gasteiger charge is -2.18. The molecule has 2 rings (SSSR count). The highest BCUT2D eigenvalue weighted by Crippen LogP contribution is 2.54. The third kappa shape index (κ3) is 2.62. The van der Waals surface area contributed by atoms with Gasteiger partial charge < -0.3 is 4.74 Å². The Morgan fingerprint density at radius 3 is 2.78 bits per heavy atom. The van der Waals surface area contributed by atoms with Crippen LogP contribution in [0.5, 0.6) is 0 Å². The van der Waals surface area contributed by atoms with Crippen LogP contribution < -0.4 is 0 Å². The van der Waals surface area contributed by atoms with Gasteiger partial charge in [0.1, 0.15) is 0 Å². The normalized spacial score (nSPS) is 20.3. The SMILES string of the molecule is COC(=O)C1=CC(Br)=C[SH]1c1cccc(Cl)c1Cl. The molecule has 0 radical (unpaired) electrons. The highest BCUT2D eigenvalue weighted by molar-refractivity contribution is 9.12. The number of carbonyl (C=O) groups is 1. The fraction of sp³-hybridized carbons (Fsp3) is 0.0833. The maximum Gasteiger partial charge on any atom is 0.343 e. The second-order valence-electron chi connectivity index (χ2n) is 3.48. The molecule has 6 heteroatoms. The van der Waals surface area contributed by atoms with Crippen LogP contribution in [0.1, 0.15) is 0 Å². The lowest BCUT2D eigenvalue weighted by atomic mass is 10.4. The Hall–Kier alpha value is -0.420. The summed E-state index contributed by atoms with van der Waals surface area (Å²) < 4.78 is 5.63. The van der Waals surface area contributed by atoms with Crippen molar-refractivity contribution in [3.8, 4) is 0 Å². The molecule has 0 saturated heterocycles. The molecule has 0 aliphatic carbocycles. The van der Waals surface area contributed by atoms with E-state index in [-0.39, 0.29) is 5.97 Å². The zero-order chi connectivity index (χ0) is 13.3. The maximum atomic E-state index is 11.7. The van der Waals surface area contributed by atoms with Crippen molar-refractivity contribution >= 4 is 56.0 Å². The summed E-state index contributed by atoms with van der Waals surface area (Å²) in [6.45, 7) is 0. The van der Waals surface area contributed by atoms with Gasteiger partial charge in [-0.25, -0.2) is 4.79 Å². The van der Waals surface area contributed by atoms with E-state index in [0.29, 0.717) is 15.0 Å². The molecule has 0 amide bonds. The van der Waals surface area contributed by atoms with Gasteiger partial charge in [-0.05, 0) is 23.6 Å². The molecule has 0 spiro atoms. The summed E-state index contributed by atoms with van der Waals surface area (Å²) in [6, 6.07) is 5.42. The summed E-state index contributed by atoms with van der Waals surface area (Å²) in [5.41, 5.74) is 0. The van der Waals surface area contributed by atoms with E-state index in [1.54, 1.807) is 12.1 Å². The number of benzene rings is 1. The summed E-state index contributed by atoms with van der Waals surface area (Å²) in [7, 11) is 0.400. The third-order valence-corrected chi connectivity index (χ3v) is 6.39. The van der Waals surface area contributed by atoms with E-state index in [1.807, 2.05) is 17.5 Å². The second-order valence-corrected chi connectivity index (χ2v) is 7.14. The third-order valence-electron chi connectivity index (χ3n) is 2.37.